The fourth-order valence-corrected chi connectivity index (χ4v) is 4.83. The quantitative estimate of drug-likeness (QED) is 0.184. The van der Waals surface area contributed by atoms with Gasteiger partial charge in [-0.3, -0.25) is 9.78 Å². The first kappa shape index (κ1) is 29.5. The molecule has 0 bridgehead atoms. The fraction of sp³-hybridized carbons (Fsp3) is 0.333. The first-order chi connectivity index (χ1) is 19.1. The molecule has 212 valence electrons. The van der Waals surface area contributed by atoms with E-state index >= 15 is 4.39 Å². The van der Waals surface area contributed by atoms with Crippen LogP contribution < -0.4 is 15.2 Å². The highest BCUT2D eigenvalue weighted by Crippen LogP contribution is 2.34. The lowest BCUT2D eigenvalue weighted by Crippen LogP contribution is -2.39. The molecule has 2 heterocycles. The van der Waals surface area contributed by atoms with Gasteiger partial charge in [-0.2, -0.15) is 0 Å². The average Bonchev–Trinajstić information content (AvgIpc) is 3.40. The van der Waals surface area contributed by atoms with Crippen LogP contribution in [0.2, 0.25) is 0 Å². The predicted octanol–water partition coefficient (Wildman–Crippen LogP) is 5.33. The van der Waals surface area contributed by atoms with Gasteiger partial charge in [0.25, 0.3) is 0 Å². The third-order valence-corrected chi connectivity index (χ3v) is 7.71. The number of ether oxygens (including phenoxy) is 2. The molecule has 0 fully saturated rings. The molecule has 0 spiro atoms. The lowest BCUT2D eigenvalue weighted by molar-refractivity contribution is -0.142. The van der Waals surface area contributed by atoms with Crippen molar-refractivity contribution >= 4 is 28.3 Å². The number of fused-ring (bicyclic) bond motifs is 1. The van der Waals surface area contributed by atoms with Gasteiger partial charge < -0.3 is 24.2 Å². The summed E-state index contributed by atoms with van der Waals surface area (Å²) >= 11 is -1.38. The molecule has 1 atom stereocenters. The van der Waals surface area contributed by atoms with E-state index in [1.807, 2.05) is 51.1 Å². The summed E-state index contributed by atoms with van der Waals surface area (Å²) in [6.45, 7) is 8.05. The van der Waals surface area contributed by atoms with Gasteiger partial charge in [-0.25, -0.2) is 4.39 Å². The van der Waals surface area contributed by atoms with Crippen LogP contribution in [0.5, 0.6) is 5.75 Å². The second-order valence-electron chi connectivity index (χ2n) is 10.2. The number of hydrogen-bond acceptors (Lipinski definition) is 8. The zero-order valence-corrected chi connectivity index (χ0v) is 23.9. The van der Waals surface area contributed by atoms with Gasteiger partial charge in [-0.1, -0.05) is 12.1 Å². The molecule has 3 N–H and O–H groups in total. The molecule has 0 saturated carbocycles. The van der Waals surface area contributed by atoms with E-state index in [9.17, 15) is 9.35 Å². The minimum atomic E-state index is -1.38. The molecular weight excluding hydrogens is 533 g/mol. The van der Waals surface area contributed by atoms with Crippen LogP contribution in [-0.4, -0.2) is 26.9 Å². The molecule has 0 amide bonds. The Morgan fingerprint density at radius 1 is 1.15 bits per heavy atom. The highest BCUT2D eigenvalue weighted by Gasteiger charge is 2.27. The molecule has 0 aliphatic rings. The smallest absolute Gasteiger partial charge is 0.310 e. The Labute approximate surface area is 236 Å². The van der Waals surface area contributed by atoms with Gasteiger partial charge >= 0.3 is 5.97 Å². The highest BCUT2D eigenvalue weighted by atomic mass is 32.2. The van der Waals surface area contributed by atoms with E-state index in [-0.39, 0.29) is 31.2 Å². The number of aromatic nitrogens is 1. The number of halogens is 1. The van der Waals surface area contributed by atoms with Gasteiger partial charge in [0.2, 0.25) is 0 Å². The van der Waals surface area contributed by atoms with E-state index in [0.29, 0.717) is 41.2 Å². The predicted molar refractivity (Wildman–Crippen MR) is 153 cm³/mol. The molecule has 2 aromatic heterocycles. The third kappa shape index (κ3) is 7.00. The molecule has 10 heteroatoms. The number of rotatable bonds is 11. The molecule has 0 radical (unpaired) electrons. The molecule has 2 aromatic carbocycles. The Hall–Kier alpha value is -3.44. The lowest BCUT2D eigenvalue weighted by Gasteiger charge is -2.23. The van der Waals surface area contributed by atoms with Crippen LogP contribution in [0.4, 0.5) is 4.39 Å². The molecular formula is C30H34FN3O5S. The third-order valence-electron chi connectivity index (χ3n) is 6.19. The summed E-state index contributed by atoms with van der Waals surface area (Å²) in [7, 11) is 0. The molecule has 1 unspecified atom stereocenters. The van der Waals surface area contributed by atoms with Gasteiger partial charge in [0.05, 0.1) is 31.5 Å². The van der Waals surface area contributed by atoms with Crippen LogP contribution in [0.15, 0.2) is 59.3 Å². The van der Waals surface area contributed by atoms with Crippen LogP contribution >= 0.6 is 0 Å². The summed E-state index contributed by atoms with van der Waals surface area (Å²) in [6.07, 6.45) is 3.14. The van der Waals surface area contributed by atoms with Gasteiger partial charge in [-0.05, 0) is 69.2 Å². The number of benzene rings is 2. The maximum Gasteiger partial charge on any atom is 0.310 e. The van der Waals surface area contributed by atoms with E-state index in [4.69, 9.17) is 19.6 Å². The summed E-state index contributed by atoms with van der Waals surface area (Å²) in [5.41, 5.74) is 9.68. The summed E-state index contributed by atoms with van der Waals surface area (Å²) in [6, 6.07) is 12.6. The fourth-order valence-electron chi connectivity index (χ4n) is 4.13. The number of carbonyl (C=O) groups is 1. The molecule has 0 aliphatic carbocycles. The Balaban J connectivity index is 1.63. The molecule has 40 heavy (non-hydrogen) atoms. The zero-order chi connectivity index (χ0) is 28.9. The number of nitrogens with two attached hydrogens (primary N) is 1. The molecule has 4 aromatic rings. The number of carbonyl (C=O) groups excluding carboxylic acids is 1. The van der Waals surface area contributed by atoms with Crippen molar-refractivity contribution in [3.05, 3.63) is 83.1 Å². The minimum Gasteiger partial charge on any atom is -0.598 e. The van der Waals surface area contributed by atoms with E-state index < -0.39 is 21.9 Å². The summed E-state index contributed by atoms with van der Waals surface area (Å²) < 4.78 is 47.5. The van der Waals surface area contributed by atoms with Crippen molar-refractivity contribution in [2.45, 2.75) is 58.6 Å². The van der Waals surface area contributed by atoms with Crippen molar-refractivity contribution < 1.29 is 27.6 Å². The minimum absolute atomic E-state index is 0.00831. The van der Waals surface area contributed by atoms with Crippen molar-refractivity contribution in [1.82, 2.24) is 9.71 Å². The maximum atomic E-state index is 15.7. The lowest BCUT2D eigenvalue weighted by atomic mass is 10.00. The topological polar surface area (TPSA) is 123 Å². The average molecular weight is 568 g/mol. The Bertz CT molecular complexity index is 1480. The summed E-state index contributed by atoms with van der Waals surface area (Å²) in [4.78, 5) is 16.3. The standard InChI is InChI=1S/C30H34FN3O5S/c1-5-37-27(35)15-21-7-6-19(16-32)14-26(21)39-18-20-12-22-9-11-38-29(22)24(13-20)23-8-10-33-25(28(23)31)17-34-40(36)30(2,3)4/h6-14,34H,5,15-18,32H2,1-4H3. The first-order valence-electron chi connectivity index (χ1n) is 13.0. The number of furan rings is 1. The van der Waals surface area contributed by atoms with Crippen molar-refractivity contribution in [2.75, 3.05) is 6.61 Å². The Kier molecular flexibility index (Phi) is 9.47. The van der Waals surface area contributed by atoms with Crippen molar-refractivity contribution in [3.63, 3.8) is 0 Å². The van der Waals surface area contributed by atoms with Gasteiger partial charge in [0.15, 0.2) is 5.82 Å². The number of nitrogens with one attached hydrogen (secondary N) is 1. The molecule has 0 saturated heterocycles. The van der Waals surface area contributed by atoms with Crippen LogP contribution in [0, 0.1) is 5.82 Å². The van der Waals surface area contributed by atoms with Crippen molar-refractivity contribution in [3.8, 4) is 16.9 Å². The van der Waals surface area contributed by atoms with Gasteiger partial charge in [0, 0.05) is 46.2 Å². The second-order valence-corrected chi connectivity index (χ2v) is 12.3. The molecule has 0 aliphatic heterocycles. The summed E-state index contributed by atoms with van der Waals surface area (Å²) in [5, 5.41) is 0.781. The van der Waals surface area contributed by atoms with Crippen LogP contribution in [0.1, 0.15) is 50.1 Å². The maximum absolute atomic E-state index is 15.7. The summed E-state index contributed by atoms with van der Waals surface area (Å²) in [5.74, 6) is -0.344. The largest absolute Gasteiger partial charge is 0.598 e. The monoisotopic (exact) mass is 567 g/mol. The van der Waals surface area contributed by atoms with Gasteiger partial charge in [0.1, 0.15) is 22.7 Å². The van der Waals surface area contributed by atoms with Crippen LogP contribution in [0.3, 0.4) is 0 Å². The van der Waals surface area contributed by atoms with E-state index in [1.54, 1.807) is 25.3 Å². The van der Waals surface area contributed by atoms with Crippen LogP contribution in [-0.2, 0) is 47.0 Å². The van der Waals surface area contributed by atoms with Crippen LogP contribution in [0.25, 0.3) is 22.1 Å². The molecule has 8 nitrogen and oxygen atoms in total. The first-order valence-corrected chi connectivity index (χ1v) is 14.1. The Morgan fingerprint density at radius 3 is 2.67 bits per heavy atom. The van der Waals surface area contributed by atoms with E-state index in [2.05, 4.69) is 9.71 Å². The molecule has 4 rings (SSSR count). The van der Waals surface area contributed by atoms with E-state index in [0.717, 1.165) is 16.5 Å². The normalized spacial score (nSPS) is 12.5. The number of esters is 1. The highest BCUT2D eigenvalue weighted by molar-refractivity contribution is 7.90. The number of hydrogen-bond donors (Lipinski definition) is 2. The zero-order valence-electron chi connectivity index (χ0n) is 23.1. The van der Waals surface area contributed by atoms with Gasteiger partial charge in [-0.15, -0.1) is 4.72 Å². The second kappa shape index (κ2) is 12.8. The Morgan fingerprint density at radius 2 is 1.95 bits per heavy atom. The SMILES string of the molecule is CCOC(=O)Cc1ccc(CN)cc1OCc1cc(-c2ccnc(CN[S+]([O-])C(C)(C)C)c2F)c2occc2c1. The number of nitrogens with zero attached hydrogens (tertiary/aromatic N) is 1. The van der Waals surface area contributed by atoms with Crippen molar-refractivity contribution in [1.29, 1.82) is 0 Å². The number of pyridine rings is 1. The van der Waals surface area contributed by atoms with E-state index in [1.165, 1.54) is 6.20 Å². The van der Waals surface area contributed by atoms with Crippen molar-refractivity contribution in [2.24, 2.45) is 5.73 Å².